The number of hydrogen-bond acceptors (Lipinski definition) is 8. The minimum atomic E-state index is -2.24. The second-order valence-corrected chi connectivity index (χ2v) is 11.3. The molecule has 0 aromatic carbocycles. The minimum Gasteiger partial charge on any atom is -0.511 e. The van der Waals surface area contributed by atoms with E-state index in [9.17, 15) is 30.0 Å². The van der Waals surface area contributed by atoms with Crippen molar-refractivity contribution in [2.75, 3.05) is 0 Å². The van der Waals surface area contributed by atoms with Crippen LogP contribution in [0, 0.1) is 22.7 Å². The molecule has 4 N–H and O–H groups in total. The van der Waals surface area contributed by atoms with Crippen LogP contribution in [0.5, 0.6) is 0 Å². The number of Topliss-reactive ketones (excluding diaryl/α,β-unsaturated/α-hetero) is 2. The van der Waals surface area contributed by atoms with E-state index < -0.39 is 57.0 Å². The average Bonchev–Trinajstić information content (AvgIpc) is 3.12. The molecule has 5 rings (SSSR count). The molecule has 2 saturated carbocycles. The summed E-state index contributed by atoms with van der Waals surface area (Å²) in [6.45, 7) is 9.66. The molecule has 8 atom stereocenters. The van der Waals surface area contributed by atoms with E-state index in [1.54, 1.807) is 25.2 Å². The second-order valence-electron chi connectivity index (χ2n) is 11.3. The van der Waals surface area contributed by atoms with Crippen molar-refractivity contribution in [3.05, 3.63) is 59.1 Å². The first-order valence-electron chi connectivity index (χ1n) is 12.4. The molecule has 5 aliphatic rings. The van der Waals surface area contributed by atoms with Crippen LogP contribution < -0.4 is 0 Å². The standard InChI is InChI=1S/C28H34O8/c1-7-9-11-13-15(29)17-19-23(3)22(32)18(16(30)14-12-10-8-2)20-24(4,21(17)31)28(34)25(19,5)35-27(23,33)26(20,6)36-28/h7-11,13,19-20,29,32-34H,12,14H2,1-6H3/b9-7+,10-8+,13-11+,17-15-/t19?,20?,23?,24-,25-,26-,27+,28+/m0/s1. The first-order chi connectivity index (χ1) is 16.7. The van der Waals surface area contributed by atoms with Crippen molar-refractivity contribution in [3.63, 3.8) is 0 Å². The van der Waals surface area contributed by atoms with Crippen molar-refractivity contribution in [2.24, 2.45) is 22.7 Å². The van der Waals surface area contributed by atoms with Gasteiger partial charge in [-0.15, -0.1) is 0 Å². The molecule has 0 radical (unpaired) electrons. The lowest BCUT2D eigenvalue weighted by Crippen LogP contribution is -2.72. The fraction of sp³-hybridized carbons (Fsp3) is 0.571. The molecule has 3 aliphatic carbocycles. The van der Waals surface area contributed by atoms with Crippen LogP contribution in [0.2, 0.25) is 0 Å². The lowest BCUT2D eigenvalue weighted by atomic mass is 9.40. The molecule has 194 valence electrons. The molecular formula is C28H34O8. The molecule has 36 heavy (non-hydrogen) atoms. The zero-order valence-corrected chi connectivity index (χ0v) is 21.5. The summed E-state index contributed by atoms with van der Waals surface area (Å²) in [5.41, 5.74) is -7.18. The van der Waals surface area contributed by atoms with Gasteiger partial charge in [-0.1, -0.05) is 30.4 Å². The van der Waals surface area contributed by atoms with E-state index >= 15 is 0 Å². The first-order valence-corrected chi connectivity index (χ1v) is 12.4. The molecule has 8 heteroatoms. The van der Waals surface area contributed by atoms with Crippen LogP contribution >= 0.6 is 0 Å². The number of carbonyl (C=O) groups is 2. The average molecular weight is 499 g/mol. The lowest BCUT2D eigenvalue weighted by Gasteiger charge is -2.58. The first kappa shape index (κ1) is 25.1. The van der Waals surface area contributed by atoms with E-state index in [0.717, 1.165) is 0 Å². The summed E-state index contributed by atoms with van der Waals surface area (Å²) in [5.74, 6) is -8.64. The summed E-state index contributed by atoms with van der Waals surface area (Å²) in [6, 6.07) is 0. The topological polar surface area (TPSA) is 134 Å². The number of rotatable bonds is 6. The third-order valence-electron chi connectivity index (χ3n) is 9.68. The Morgan fingerprint density at radius 3 is 2.11 bits per heavy atom. The lowest BCUT2D eigenvalue weighted by molar-refractivity contribution is -0.451. The Balaban J connectivity index is 1.89. The zero-order valence-electron chi connectivity index (χ0n) is 21.5. The SMILES string of the molecule is C/C=C/C=C/C(O)=C1/C(=O)[C@]2(C)C3C(C(=O)CC/C=C/C)=C(O)C4(C)C1[C@]1(C)O[C@@]4(O)[C@@]3(C)O[C@@]12O. The van der Waals surface area contributed by atoms with Gasteiger partial charge in [-0.2, -0.15) is 0 Å². The minimum absolute atomic E-state index is 0.0264. The van der Waals surface area contributed by atoms with Crippen LogP contribution in [0.3, 0.4) is 0 Å². The Kier molecular flexibility index (Phi) is 4.94. The smallest absolute Gasteiger partial charge is 0.210 e. The summed E-state index contributed by atoms with van der Waals surface area (Å²) >= 11 is 0. The van der Waals surface area contributed by atoms with Crippen molar-refractivity contribution < 1.29 is 39.5 Å². The molecule has 0 spiro atoms. The number of ketones is 2. The van der Waals surface area contributed by atoms with Crippen molar-refractivity contribution in [1.82, 2.24) is 0 Å². The Morgan fingerprint density at radius 1 is 0.944 bits per heavy atom. The van der Waals surface area contributed by atoms with Gasteiger partial charge in [-0.3, -0.25) is 9.59 Å². The molecule has 3 unspecified atom stereocenters. The molecule has 8 nitrogen and oxygen atoms in total. The van der Waals surface area contributed by atoms with E-state index in [0.29, 0.717) is 6.42 Å². The van der Waals surface area contributed by atoms with Crippen LogP contribution in [0.4, 0.5) is 0 Å². The van der Waals surface area contributed by atoms with Crippen LogP contribution in [0.25, 0.3) is 0 Å². The predicted molar refractivity (Wildman–Crippen MR) is 129 cm³/mol. The summed E-state index contributed by atoms with van der Waals surface area (Å²) in [7, 11) is 0. The van der Waals surface area contributed by atoms with Gasteiger partial charge in [0.2, 0.25) is 11.6 Å². The van der Waals surface area contributed by atoms with E-state index in [2.05, 4.69) is 0 Å². The third-order valence-corrected chi connectivity index (χ3v) is 9.68. The molecule has 8 bridgehead atoms. The van der Waals surface area contributed by atoms with E-state index in [4.69, 9.17) is 9.47 Å². The Morgan fingerprint density at radius 2 is 1.53 bits per heavy atom. The number of aliphatic hydroxyl groups excluding tert-OH is 2. The summed E-state index contributed by atoms with van der Waals surface area (Å²) in [4.78, 5) is 28.0. The van der Waals surface area contributed by atoms with Crippen molar-refractivity contribution in [3.8, 4) is 0 Å². The number of allylic oxidation sites excluding steroid dienone is 6. The van der Waals surface area contributed by atoms with Crippen LogP contribution in [0.15, 0.2) is 59.1 Å². The van der Waals surface area contributed by atoms with Crippen molar-refractivity contribution >= 4 is 11.6 Å². The molecular weight excluding hydrogens is 464 g/mol. The largest absolute Gasteiger partial charge is 0.511 e. The maximum atomic E-state index is 14.3. The Bertz CT molecular complexity index is 1240. The van der Waals surface area contributed by atoms with Gasteiger partial charge < -0.3 is 29.9 Å². The third kappa shape index (κ3) is 2.19. The number of hydrogen-bond donors (Lipinski definition) is 4. The maximum Gasteiger partial charge on any atom is 0.210 e. The quantitative estimate of drug-likeness (QED) is 0.189. The highest BCUT2D eigenvalue weighted by Gasteiger charge is 2.98. The Hall–Kier alpha value is -2.52. The maximum absolute atomic E-state index is 14.3. The molecule has 4 fully saturated rings. The second kappa shape index (κ2) is 7.07. The zero-order chi connectivity index (χ0) is 26.7. The van der Waals surface area contributed by atoms with Gasteiger partial charge in [0, 0.05) is 29.4 Å². The molecule has 0 amide bonds. The predicted octanol–water partition coefficient (Wildman–Crippen LogP) is 3.48. The summed E-state index contributed by atoms with van der Waals surface area (Å²) < 4.78 is 12.5. The van der Waals surface area contributed by atoms with Gasteiger partial charge in [-0.25, -0.2) is 0 Å². The highest BCUT2D eigenvalue weighted by atomic mass is 16.8. The Labute approximate surface area is 210 Å². The molecule has 2 aliphatic heterocycles. The van der Waals surface area contributed by atoms with Gasteiger partial charge >= 0.3 is 0 Å². The molecule has 0 aromatic rings. The molecule has 2 heterocycles. The summed E-state index contributed by atoms with van der Waals surface area (Å²) in [5, 5.41) is 47.4. The van der Waals surface area contributed by atoms with Gasteiger partial charge in [0.25, 0.3) is 0 Å². The fourth-order valence-electron chi connectivity index (χ4n) is 8.16. The van der Waals surface area contributed by atoms with E-state index in [1.807, 2.05) is 19.1 Å². The monoisotopic (exact) mass is 498 g/mol. The fourth-order valence-corrected chi connectivity index (χ4v) is 8.16. The highest BCUT2D eigenvalue weighted by Crippen LogP contribution is 2.84. The molecule has 0 aromatic heterocycles. The highest BCUT2D eigenvalue weighted by molar-refractivity contribution is 6.08. The van der Waals surface area contributed by atoms with Crippen LogP contribution in [-0.2, 0) is 19.1 Å². The van der Waals surface area contributed by atoms with Crippen molar-refractivity contribution in [2.45, 2.75) is 77.2 Å². The van der Waals surface area contributed by atoms with Crippen molar-refractivity contribution in [1.29, 1.82) is 0 Å². The van der Waals surface area contributed by atoms with Crippen LogP contribution in [-0.4, -0.2) is 54.8 Å². The number of ether oxygens (including phenoxy) is 2. The van der Waals surface area contributed by atoms with E-state index in [1.165, 1.54) is 33.8 Å². The van der Waals surface area contributed by atoms with Gasteiger partial charge in [0.05, 0.1) is 10.8 Å². The van der Waals surface area contributed by atoms with Gasteiger partial charge in [-0.05, 0) is 54.0 Å². The normalized spacial score (nSPS) is 50.1. The van der Waals surface area contributed by atoms with Gasteiger partial charge in [0.1, 0.15) is 22.7 Å². The molecule has 2 saturated heterocycles. The summed E-state index contributed by atoms with van der Waals surface area (Å²) in [6.07, 6.45) is 10.5. The van der Waals surface area contributed by atoms with Gasteiger partial charge in [0.15, 0.2) is 11.6 Å². The van der Waals surface area contributed by atoms with E-state index in [-0.39, 0.29) is 29.1 Å². The number of carbonyl (C=O) groups excluding carboxylic acids is 2. The van der Waals surface area contributed by atoms with Crippen LogP contribution in [0.1, 0.15) is 54.4 Å². The number of aliphatic hydroxyl groups is 4.